The highest BCUT2D eigenvalue weighted by Crippen LogP contribution is 2.24. The first-order chi connectivity index (χ1) is 13.3. The molecule has 0 unspecified atom stereocenters. The zero-order chi connectivity index (χ0) is 20.3. The fourth-order valence-corrected chi connectivity index (χ4v) is 3.03. The van der Waals surface area contributed by atoms with Crippen molar-refractivity contribution in [1.82, 2.24) is 10.2 Å². The number of amides is 2. The quantitative estimate of drug-likeness (QED) is 0.620. The van der Waals surface area contributed by atoms with E-state index in [1.165, 1.54) is 4.90 Å². The van der Waals surface area contributed by atoms with Gasteiger partial charge >= 0.3 is 0 Å². The summed E-state index contributed by atoms with van der Waals surface area (Å²) in [5, 5.41) is 24.8. The van der Waals surface area contributed by atoms with Gasteiger partial charge in [-0.1, -0.05) is 18.2 Å². The number of benzene rings is 2. The second kappa shape index (κ2) is 7.82. The van der Waals surface area contributed by atoms with E-state index < -0.39 is 27.1 Å². The molecule has 0 aliphatic carbocycles. The lowest BCUT2D eigenvalue weighted by atomic mass is 10.1. The number of nitrogens with zero attached hydrogens (tertiary/aromatic N) is 3. The number of nitrogens with one attached hydrogen (secondary N) is 1. The number of hydrogen-bond acceptors (Lipinski definition) is 6. The molecule has 1 atom stereocenters. The molecule has 1 heterocycles. The fraction of sp³-hybridized carbons (Fsp3) is 0.222. The Morgan fingerprint density at radius 1 is 0.964 bits per heavy atom. The van der Waals surface area contributed by atoms with E-state index in [1.54, 1.807) is 30.3 Å². The van der Waals surface area contributed by atoms with Crippen LogP contribution in [0, 0.1) is 20.2 Å². The van der Waals surface area contributed by atoms with Crippen LogP contribution in [0.25, 0.3) is 0 Å². The summed E-state index contributed by atoms with van der Waals surface area (Å²) in [7, 11) is 0. The van der Waals surface area contributed by atoms with E-state index in [4.69, 9.17) is 0 Å². The molecule has 3 rings (SSSR count). The molecular formula is C18H16N4O6. The molecule has 0 bridgehead atoms. The van der Waals surface area contributed by atoms with Gasteiger partial charge in [0.25, 0.3) is 23.2 Å². The maximum absolute atomic E-state index is 12.7. The molecule has 28 heavy (non-hydrogen) atoms. The standard InChI is InChI=1S/C18H16N4O6/c23-17(12-4-2-1-3-5-12)19-14-6-7-20(11-14)18(24)13-8-15(21(25)26)10-16(9-13)22(27)28/h1-5,8-10,14H,6-7,11H2,(H,19,23)/t14-/m1/s1. The first-order valence-electron chi connectivity index (χ1n) is 8.44. The van der Waals surface area contributed by atoms with Crippen molar-refractivity contribution in [1.29, 1.82) is 0 Å². The third-order valence-corrected chi connectivity index (χ3v) is 4.42. The maximum Gasteiger partial charge on any atom is 0.277 e. The molecular weight excluding hydrogens is 368 g/mol. The van der Waals surface area contributed by atoms with Crippen LogP contribution < -0.4 is 5.32 Å². The predicted molar refractivity (Wildman–Crippen MR) is 98.0 cm³/mol. The molecule has 10 heteroatoms. The van der Waals surface area contributed by atoms with E-state index in [0.29, 0.717) is 18.5 Å². The molecule has 1 N–H and O–H groups in total. The first-order valence-corrected chi connectivity index (χ1v) is 8.44. The van der Waals surface area contributed by atoms with Gasteiger partial charge in [-0.3, -0.25) is 29.8 Å². The summed E-state index contributed by atoms with van der Waals surface area (Å²) in [5.41, 5.74) is -0.672. The number of non-ortho nitro benzene ring substituents is 2. The van der Waals surface area contributed by atoms with E-state index in [-0.39, 0.29) is 24.1 Å². The highest BCUT2D eigenvalue weighted by Gasteiger charge is 2.30. The summed E-state index contributed by atoms with van der Waals surface area (Å²) < 4.78 is 0. The average molecular weight is 384 g/mol. The minimum Gasteiger partial charge on any atom is -0.347 e. The van der Waals surface area contributed by atoms with Crippen molar-refractivity contribution in [2.24, 2.45) is 0 Å². The Bertz CT molecular complexity index is 914. The van der Waals surface area contributed by atoms with E-state index in [1.807, 2.05) is 0 Å². The van der Waals surface area contributed by atoms with Crippen molar-refractivity contribution in [3.8, 4) is 0 Å². The molecule has 1 aliphatic heterocycles. The largest absolute Gasteiger partial charge is 0.347 e. The number of carbonyl (C=O) groups excluding carboxylic acids is 2. The molecule has 0 aromatic heterocycles. The number of likely N-dealkylation sites (tertiary alicyclic amines) is 1. The molecule has 2 aromatic rings. The second-order valence-electron chi connectivity index (χ2n) is 6.33. The van der Waals surface area contributed by atoms with Crippen LogP contribution in [0.4, 0.5) is 11.4 Å². The third kappa shape index (κ3) is 4.11. The van der Waals surface area contributed by atoms with Crippen LogP contribution in [0.5, 0.6) is 0 Å². The summed E-state index contributed by atoms with van der Waals surface area (Å²) in [6.07, 6.45) is 0.515. The van der Waals surface area contributed by atoms with Gasteiger partial charge in [0, 0.05) is 36.8 Å². The normalized spacial score (nSPS) is 15.9. The lowest BCUT2D eigenvalue weighted by Crippen LogP contribution is -2.38. The lowest BCUT2D eigenvalue weighted by molar-refractivity contribution is -0.394. The van der Waals surface area contributed by atoms with Gasteiger partial charge in [0.1, 0.15) is 0 Å². The molecule has 10 nitrogen and oxygen atoms in total. The van der Waals surface area contributed by atoms with Crippen LogP contribution in [-0.4, -0.2) is 45.7 Å². The Kier molecular flexibility index (Phi) is 5.30. The van der Waals surface area contributed by atoms with Crippen molar-refractivity contribution in [3.05, 3.63) is 79.9 Å². The smallest absolute Gasteiger partial charge is 0.277 e. The highest BCUT2D eigenvalue weighted by atomic mass is 16.6. The van der Waals surface area contributed by atoms with Crippen LogP contribution in [0.2, 0.25) is 0 Å². The molecule has 2 amide bonds. The molecule has 1 fully saturated rings. The van der Waals surface area contributed by atoms with Crippen molar-refractivity contribution >= 4 is 23.2 Å². The topological polar surface area (TPSA) is 136 Å². The number of nitro groups is 2. The zero-order valence-corrected chi connectivity index (χ0v) is 14.6. The molecule has 144 valence electrons. The number of hydrogen-bond donors (Lipinski definition) is 1. The van der Waals surface area contributed by atoms with Crippen LogP contribution >= 0.6 is 0 Å². The Morgan fingerprint density at radius 3 is 2.14 bits per heavy atom. The monoisotopic (exact) mass is 384 g/mol. The molecule has 1 aliphatic rings. The highest BCUT2D eigenvalue weighted by molar-refractivity contribution is 5.96. The summed E-state index contributed by atoms with van der Waals surface area (Å²) >= 11 is 0. The molecule has 0 radical (unpaired) electrons. The average Bonchev–Trinajstić information content (AvgIpc) is 3.16. The second-order valence-corrected chi connectivity index (χ2v) is 6.33. The molecule has 0 spiro atoms. The van der Waals surface area contributed by atoms with Gasteiger partial charge in [-0.25, -0.2) is 0 Å². The minimum absolute atomic E-state index is 0.129. The Balaban J connectivity index is 1.71. The maximum atomic E-state index is 12.7. The van der Waals surface area contributed by atoms with Crippen molar-refractivity contribution in [2.45, 2.75) is 12.5 Å². The molecule has 2 aromatic carbocycles. The minimum atomic E-state index is -0.781. The van der Waals surface area contributed by atoms with Crippen LogP contribution in [0.1, 0.15) is 27.1 Å². The predicted octanol–water partition coefficient (Wildman–Crippen LogP) is 2.15. The number of rotatable bonds is 5. The van der Waals surface area contributed by atoms with Crippen LogP contribution in [0.3, 0.4) is 0 Å². The number of carbonyl (C=O) groups is 2. The van der Waals surface area contributed by atoms with E-state index in [9.17, 15) is 29.8 Å². The Labute approximate surface area is 159 Å². The Morgan fingerprint density at radius 2 is 1.57 bits per heavy atom. The first kappa shape index (κ1) is 19.0. The van der Waals surface area contributed by atoms with E-state index in [2.05, 4.69) is 5.32 Å². The molecule has 0 saturated carbocycles. The van der Waals surface area contributed by atoms with Crippen molar-refractivity contribution in [3.63, 3.8) is 0 Å². The third-order valence-electron chi connectivity index (χ3n) is 4.42. The molecule has 1 saturated heterocycles. The SMILES string of the molecule is O=C(N[C@@H]1CCN(C(=O)c2cc([N+](=O)[O-])cc([N+](=O)[O-])c2)C1)c1ccccc1. The summed E-state index contributed by atoms with van der Waals surface area (Å²) in [6, 6.07) is 11.2. The van der Waals surface area contributed by atoms with Gasteiger partial charge in [-0.15, -0.1) is 0 Å². The van der Waals surface area contributed by atoms with Crippen molar-refractivity contribution < 1.29 is 19.4 Å². The summed E-state index contributed by atoms with van der Waals surface area (Å²) in [6.45, 7) is 0.545. The number of nitro benzene ring substituents is 2. The lowest BCUT2D eigenvalue weighted by Gasteiger charge is -2.17. The van der Waals surface area contributed by atoms with Gasteiger partial charge < -0.3 is 10.2 Å². The fourth-order valence-electron chi connectivity index (χ4n) is 3.03. The Hall–Kier alpha value is -3.82. The van der Waals surface area contributed by atoms with E-state index in [0.717, 1.165) is 18.2 Å². The van der Waals surface area contributed by atoms with Gasteiger partial charge in [0.15, 0.2) is 0 Å². The van der Waals surface area contributed by atoms with Gasteiger partial charge in [0.05, 0.1) is 21.5 Å². The zero-order valence-electron chi connectivity index (χ0n) is 14.6. The van der Waals surface area contributed by atoms with E-state index >= 15 is 0 Å². The summed E-state index contributed by atoms with van der Waals surface area (Å²) in [4.78, 5) is 46.7. The van der Waals surface area contributed by atoms with Crippen molar-refractivity contribution in [2.75, 3.05) is 13.1 Å². The summed E-state index contributed by atoms with van der Waals surface area (Å²) in [5.74, 6) is -0.811. The van der Waals surface area contributed by atoms with Gasteiger partial charge in [-0.05, 0) is 18.6 Å². The van der Waals surface area contributed by atoms with Gasteiger partial charge in [-0.2, -0.15) is 0 Å². The van der Waals surface area contributed by atoms with Crippen LogP contribution in [0.15, 0.2) is 48.5 Å². The van der Waals surface area contributed by atoms with Gasteiger partial charge in [0.2, 0.25) is 0 Å². The van der Waals surface area contributed by atoms with Crippen LogP contribution in [-0.2, 0) is 0 Å².